The molecule has 0 aliphatic carbocycles. The highest BCUT2D eigenvalue weighted by Gasteiger charge is 2.26. The number of ketones is 1. The number of hydrogen-bond donors (Lipinski definition) is 1. The van der Waals surface area contributed by atoms with Crippen LogP contribution in [0.2, 0.25) is 0 Å². The molecule has 0 aliphatic heterocycles. The van der Waals surface area contributed by atoms with Crippen LogP contribution in [-0.4, -0.2) is 16.9 Å². The monoisotopic (exact) mass is 382 g/mol. The van der Waals surface area contributed by atoms with Crippen LogP contribution in [-0.2, 0) is 4.79 Å². The van der Waals surface area contributed by atoms with Crippen LogP contribution in [0.25, 0.3) is 0 Å². The van der Waals surface area contributed by atoms with Crippen molar-refractivity contribution in [3.05, 3.63) is 19.2 Å². The van der Waals surface area contributed by atoms with Gasteiger partial charge in [0.2, 0.25) is 0 Å². The molecule has 0 amide bonds. The minimum atomic E-state index is -0.878. The van der Waals surface area contributed by atoms with Crippen LogP contribution in [0.1, 0.15) is 36.4 Å². The van der Waals surface area contributed by atoms with Gasteiger partial charge in [0.1, 0.15) is 0 Å². The number of aliphatic carboxylic acids is 1. The van der Waals surface area contributed by atoms with Crippen LogP contribution in [0.5, 0.6) is 0 Å². The average Bonchev–Trinajstić information content (AvgIpc) is 2.43. The maximum Gasteiger partial charge on any atom is 0.303 e. The Hall–Kier alpha value is -0.200. The first kappa shape index (κ1) is 14.9. The van der Waals surface area contributed by atoms with Gasteiger partial charge in [-0.2, -0.15) is 0 Å². The third-order valence-electron chi connectivity index (χ3n) is 2.19. The summed E-state index contributed by atoms with van der Waals surface area (Å²) < 4.78 is 1.72. The van der Waals surface area contributed by atoms with Crippen LogP contribution in [0, 0.1) is 5.41 Å². The van der Waals surface area contributed by atoms with E-state index in [1.165, 1.54) is 11.3 Å². The fourth-order valence-corrected chi connectivity index (χ4v) is 3.45. The Morgan fingerprint density at radius 3 is 2.35 bits per heavy atom. The molecule has 1 aromatic rings. The van der Waals surface area contributed by atoms with Gasteiger partial charge in [0.15, 0.2) is 5.78 Å². The Morgan fingerprint density at radius 1 is 1.35 bits per heavy atom. The SMILES string of the molecule is CC(C)(CC(=O)O)CC(=O)c1cc(Br)c(Br)s1. The maximum absolute atomic E-state index is 12.0. The highest BCUT2D eigenvalue weighted by atomic mass is 79.9. The molecule has 3 nitrogen and oxygen atoms in total. The van der Waals surface area contributed by atoms with E-state index in [1.807, 2.05) is 0 Å². The van der Waals surface area contributed by atoms with E-state index in [4.69, 9.17) is 5.11 Å². The van der Waals surface area contributed by atoms with Crippen molar-refractivity contribution in [1.82, 2.24) is 0 Å². The Balaban J connectivity index is 2.75. The molecule has 0 radical (unpaired) electrons. The smallest absolute Gasteiger partial charge is 0.303 e. The van der Waals surface area contributed by atoms with E-state index in [-0.39, 0.29) is 18.6 Å². The molecule has 0 bridgehead atoms. The average molecular weight is 384 g/mol. The Bertz CT molecular complexity index is 432. The van der Waals surface area contributed by atoms with E-state index >= 15 is 0 Å². The highest BCUT2D eigenvalue weighted by Crippen LogP contribution is 2.35. The quantitative estimate of drug-likeness (QED) is 0.769. The first-order valence-electron chi connectivity index (χ1n) is 4.91. The van der Waals surface area contributed by atoms with Crippen LogP contribution in [0.3, 0.4) is 0 Å². The normalized spacial score (nSPS) is 11.5. The van der Waals surface area contributed by atoms with Crippen molar-refractivity contribution in [3.8, 4) is 0 Å². The van der Waals surface area contributed by atoms with Crippen molar-refractivity contribution in [2.24, 2.45) is 5.41 Å². The molecule has 0 spiro atoms. The highest BCUT2D eigenvalue weighted by molar-refractivity contribution is 9.13. The van der Waals surface area contributed by atoms with Gasteiger partial charge < -0.3 is 5.11 Å². The van der Waals surface area contributed by atoms with Gasteiger partial charge >= 0.3 is 5.97 Å². The van der Waals surface area contributed by atoms with Gasteiger partial charge in [0.25, 0.3) is 0 Å². The summed E-state index contributed by atoms with van der Waals surface area (Å²) in [6.07, 6.45) is 0.227. The summed E-state index contributed by atoms with van der Waals surface area (Å²) in [6, 6.07) is 1.76. The van der Waals surface area contributed by atoms with Gasteiger partial charge in [-0.15, -0.1) is 11.3 Å². The fourth-order valence-electron chi connectivity index (χ4n) is 1.48. The molecule has 17 heavy (non-hydrogen) atoms. The zero-order valence-electron chi connectivity index (χ0n) is 9.42. The summed E-state index contributed by atoms with van der Waals surface area (Å²) in [5.74, 6) is -0.899. The third kappa shape index (κ3) is 4.52. The molecule has 1 aromatic heterocycles. The second-order valence-corrected chi connectivity index (χ2v) is 7.79. The lowest BCUT2D eigenvalue weighted by atomic mass is 9.84. The van der Waals surface area contributed by atoms with Gasteiger partial charge in [0.05, 0.1) is 15.1 Å². The largest absolute Gasteiger partial charge is 0.481 e. The predicted molar refractivity (Wildman–Crippen MR) is 74.7 cm³/mol. The maximum atomic E-state index is 12.0. The van der Waals surface area contributed by atoms with Gasteiger partial charge in [-0.1, -0.05) is 13.8 Å². The lowest BCUT2D eigenvalue weighted by molar-refractivity contribution is -0.139. The molecule has 1 heterocycles. The van der Waals surface area contributed by atoms with Crippen molar-refractivity contribution in [3.63, 3.8) is 0 Å². The van der Waals surface area contributed by atoms with Crippen LogP contribution >= 0.6 is 43.2 Å². The molecule has 94 valence electrons. The molecule has 0 saturated carbocycles. The molecular weight excluding hydrogens is 372 g/mol. The van der Waals surface area contributed by atoms with Crippen LogP contribution < -0.4 is 0 Å². The number of carboxylic acids is 1. The Morgan fingerprint density at radius 2 is 1.94 bits per heavy atom. The number of halogens is 2. The summed E-state index contributed by atoms with van der Waals surface area (Å²) in [7, 11) is 0. The summed E-state index contributed by atoms with van der Waals surface area (Å²) in [5.41, 5.74) is -0.522. The number of carbonyl (C=O) groups is 2. The number of carbonyl (C=O) groups excluding carboxylic acids is 1. The van der Waals surface area contributed by atoms with E-state index in [2.05, 4.69) is 31.9 Å². The Labute approximate surface area is 120 Å². The minimum absolute atomic E-state index is 0.00749. The molecule has 6 heteroatoms. The fraction of sp³-hybridized carbons (Fsp3) is 0.455. The number of thiophene rings is 1. The van der Waals surface area contributed by atoms with Crippen molar-refractivity contribution < 1.29 is 14.7 Å². The Kier molecular flexibility index (Phi) is 4.92. The van der Waals surface area contributed by atoms with E-state index in [9.17, 15) is 9.59 Å². The van der Waals surface area contributed by atoms with Gasteiger partial charge in [-0.3, -0.25) is 9.59 Å². The molecule has 1 N–H and O–H groups in total. The molecule has 0 fully saturated rings. The van der Waals surface area contributed by atoms with Crippen molar-refractivity contribution in [2.75, 3.05) is 0 Å². The van der Waals surface area contributed by atoms with E-state index in [0.29, 0.717) is 4.88 Å². The lowest BCUT2D eigenvalue weighted by Crippen LogP contribution is -2.20. The van der Waals surface area contributed by atoms with Crippen molar-refractivity contribution in [1.29, 1.82) is 0 Å². The third-order valence-corrected chi connectivity index (χ3v) is 5.49. The molecule has 0 aromatic carbocycles. The number of Topliss-reactive ketones (excluding diaryl/α,β-unsaturated/α-hetero) is 1. The number of hydrogen-bond acceptors (Lipinski definition) is 3. The summed E-state index contributed by atoms with van der Waals surface area (Å²) in [4.78, 5) is 23.3. The molecule has 0 saturated heterocycles. The van der Waals surface area contributed by atoms with E-state index < -0.39 is 11.4 Å². The molecular formula is C11H12Br2O3S. The predicted octanol–water partition coefficient (Wildman–Crippen LogP) is 4.35. The lowest BCUT2D eigenvalue weighted by Gasteiger charge is -2.20. The van der Waals surface area contributed by atoms with Crippen molar-refractivity contribution >= 4 is 54.9 Å². The van der Waals surface area contributed by atoms with Gasteiger partial charge in [0, 0.05) is 10.9 Å². The van der Waals surface area contributed by atoms with Crippen LogP contribution in [0.4, 0.5) is 0 Å². The van der Waals surface area contributed by atoms with E-state index in [1.54, 1.807) is 19.9 Å². The summed E-state index contributed by atoms with van der Waals surface area (Å²) >= 11 is 8.01. The second-order valence-electron chi connectivity index (χ2n) is 4.57. The molecule has 0 atom stereocenters. The standard InChI is InChI=1S/C11H12Br2O3S/c1-11(2,5-9(15)16)4-7(14)8-3-6(12)10(13)17-8/h3H,4-5H2,1-2H3,(H,15,16). The molecule has 1 rings (SSSR count). The van der Waals surface area contributed by atoms with Crippen LogP contribution in [0.15, 0.2) is 14.3 Å². The first-order valence-corrected chi connectivity index (χ1v) is 7.31. The van der Waals surface area contributed by atoms with Gasteiger partial charge in [-0.05, 0) is 43.3 Å². The minimum Gasteiger partial charge on any atom is -0.481 e. The van der Waals surface area contributed by atoms with Gasteiger partial charge in [-0.25, -0.2) is 0 Å². The molecule has 0 aliphatic rings. The first-order chi connectivity index (χ1) is 7.71. The zero-order valence-corrected chi connectivity index (χ0v) is 13.4. The van der Waals surface area contributed by atoms with E-state index in [0.717, 1.165) is 8.26 Å². The summed E-state index contributed by atoms with van der Waals surface area (Å²) in [6.45, 7) is 3.58. The summed E-state index contributed by atoms with van der Waals surface area (Å²) in [5, 5.41) is 8.76. The second kappa shape index (κ2) is 5.63. The van der Waals surface area contributed by atoms with Crippen molar-refractivity contribution in [2.45, 2.75) is 26.7 Å². The zero-order chi connectivity index (χ0) is 13.2. The number of carboxylic acid groups (broad SMARTS) is 1. The molecule has 0 unspecified atom stereocenters. The number of rotatable bonds is 5. The topological polar surface area (TPSA) is 54.4 Å².